The minimum Gasteiger partial charge on any atom is -0.462 e. The third kappa shape index (κ3) is 6.43. The van der Waals surface area contributed by atoms with E-state index in [4.69, 9.17) is 4.74 Å². The number of thiazole rings is 1. The van der Waals surface area contributed by atoms with Gasteiger partial charge in [0.25, 0.3) is 0 Å². The summed E-state index contributed by atoms with van der Waals surface area (Å²) in [5.74, 6) is -0.517. The number of aromatic nitrogens is 1. The van der Waals surface area contributed by atoms with Gasteiger partial charge in [-0.3, -0.25) is 4.79 Å². The van der Waals surface area contributed by atoms with Crippen molar-refractivity contribution in [3.63, 3.8) is 0 Å². The molecule has 2 N–H and O–H groups in total. The monoisotopic (exact) mass is 409 g/mol. The van der Waals surface area contributed by atoms with Gasteiger partial charge < -0.3 is 15.4 Å². The van der Waals surface area contributed by atoms with Crippen LogP contribution in [0.4, 0.5) is 16.5 Å². The maximum atomic E-state index is 12.3. The van der Waals surface area contributed by atoms with Gasteiger partial charge in [0.15, 0.2) is 5.13 Å². The Morgan fingerprint density at radius 3 is 2.52 bits per heavy atom. The molecule has 0 fully saturated rings. The number of anilines is 3. The molecule has 0 saturated heterocycles. The van der Waals surface area contributed by atoms with E-state index >= 15 is 0 Å². The van der Waals surface area contributed by atoms with Crippen LogP contribution in [0.5, 0.6) is 0 Å². The number of amides is 1. The zero-order valence-corrected chi connectivity index (χ0v) is 17.0. The zero-order chi connectivity index (χ0) is 20.5. The maximum absolute atomic E-state index is 12.3. The van der Waals surface area contributed by atoms with Gasteiger partial charge >= 0.3 is 5.97 Å². The summed E-state index contributed by atoms with van der Waals surface area (Å²) in [6, 6.07) is 16.4. The van der Waals surface area contributed by atoms with Gasteiger partial charge in [-0.25, -0.2) is 9.78 Å². The van der Waals surface area contributed by atoms with Crippen molar-refractivity contribution >= 4 is 39.7 Å². The Labute approximate surface area is 173 Å². The number of benzene rings is 2. The fourth-order valence-electron chi connectivity index (χ4n) is 2.54. The molecule has 0 radical (unpaired) electrons. The summed E-state index contributed by atoms with van der Waals surface area (Å²) in [5, 5.41) is 8.64. The molecule has 0 unspecified atom stereocenters. The van der Waals surface area contributed by atoms with E-state index in [9.17, 15) is 9.59 Å². The van der Waals surface area contributed by atoms with Gasteiger partial charge in [0.05, 0.1) is 24.3 Å². The molecule has 6 nitrogen and oxygen atoms in total. The Morgan fingerprint density at radius 1 is 1.03 bits per heavy atom. The van der Waals surface area contributed by atoms with Gasteiger partial charge in [0.1, 0.15) is 0 Å². The zero-order valence-electron chi connectivity index (χ0n) is 16.2. The van der Waals surface area contributed by atoms with Crippen LogP contribution in [0.1, 0.15) is 35.8 Å². The molecular weight excluding hydrogens is 386 g/mol. The second-order valence-electron chi connectivity index (χ2n) is 6.43. The van der Waals surface area contributed by atoms with Crippen LogP contribution >= 0.6 is 11.3 Å². The van der Waals surface area contributed by atoms with Gasteiger partial charge in [-0.2, -0.15) is 0 Å². The van der Waals surface area contributed by atoms with Crippen LogP contribution in [-0.2, 0) is 16.0 Å². The number of rotatable bonds is 9. The lowest BCUT2D eigenvalue weighted by molar-refractivity contribution is -0.115. The molecule has 150 valence electrons. The summed E-state index contributed by atoms with van der Waals surface area (Å²) >= 11 is 1.45. The Hall–Kier alpha value is -3.19. The SMILES string of the molecule is CCCCOC(=O)c1ccc(NC(=O)Cc2csc(Nc3ccccc3)n2)cc1. The van der Waals surface area contributed by atoms with Crippen LogP contribution in [0, 0.1) is 0 Å². The summed E-state index contributed by atoms with van der Waals surface area (Å²) in [6.45, 7) is 2.46. The smallest absolute Gasteiger partial charge is 0.338 e. The molecule has 0 aliphatic carbocycles. The number of ether oxygens (including phenoxy) is 1. The van der Waals surface area contributed by atoms with E-state index in [1.165, 1.54) is 11.3 Å². The predicted octanol–water partition coefficient (Wildman–Crippen LogP) is 5.02. The quantitative estimate of drug-likeness (QED) is 0.383. The molecule has 3 rings (SSSR count). The van der Waals surface area contributed by atoms with E-state index < -0.39 is 0 Å². The number of hydrogen-bond donors (Lipinski definition) is 2. The number of esters is 1. The van der Waals surface area contributed by atoms with Crippen molar-refractivity contribution in [1.29, 1.82) is 0 Å². The Balaban J connectivity index is 1.50. The molecule has 1 heterocycles. The molecule has 0 saturated carbocycles. The van der Waals surface area contributed by atoms with E-state index in [2.05, 4.69) is 15.6 Å². The Kier molecular flexibility index (Phi) is 7.35. The Morgan fingerprint density at radius 2 is 1.79 bits per heavy atom. The topological polar surface area (TPSA) is 80.3 Å². The van der Waals surface area contributed by atoms with Gasteiger partial charge in [-0.1, -0.05) is 31.5 Å². The molecule has 1 amide bonds. The summed E-state index contributed by atoms with van der Waals surface area (Å²) in [4.78, 5) is 28.6. The standard InChI is InChI=1S/C22H23N3O3S/c1-2-3-13-28-21(27)16-9-11-18(12-10-16)23-20(26)14-19-15-29-22(25-19)24-17-7-5-4-6-8-17/h4-12,15H,2-3,13-14H2,1H3,(H,23,26)(H,24,25). The van der Waals surface area contributed by atoms with Crippen molar-refractivity contribution < 1.29 is 14.3 Å². The van der Waals surface area contributed by atoms with Crippen LogP contribution in [0.2, 0.25) is 0 Å². The first kappa shape index (κ1) is 20.5. The van der Waals surface area contributed by atoms with E-state index in [1.807, 2.05) is 42.6 Å². The highest BCUT2D eigenvalue weighted by Crippen LogP contribution is 2.21. The summed E-state index contributed by atoms with van der Waals surface area (Å²) in [6.07, 6.45) is 1.99. The highest BCUT2D eigenvalue weighted by molar-refractivity contribution is 7.13. The van der Waals surface area contributed by atoms with Gasteiger partial charge in [0, 0.05) is 16.8 Å². The van der Waals surface area contributed by atoms with Crippen molar-refractivity contribution in [2.45, 2.75) is 26.2 Å². The molecule has 0 spiro atoms. The third-order valence-corrected chi connectivity index (χ3v) is 4.86. The minimum absolute atomic E-state index is 0.167. The third-order valence-electron chi connectivity index (χ3n) is 4.05. The van der Waals surface area contributed by atoms with Gasteiger partial charge in [-0.05, 0) is 42.8 Å². The van der Waals surface area contributed by atoms with Crippen molar-refractivity contribution in [3.8, 4) is 0 Å². The first-order chi connectivity index (χ1) is 14.1. The normalized spacial score (nSPS) is 10.4. The van der Waals surface area contributed by atoms with Crippen molar-refractivity contribution in [1.82, 2.24) is 4.98 Å². The fraction of sp³-hybridized carbons (Fsp3) is 0.227. The first-order valence-electron chi connectivity index (χ1n) is 9.47. The molecule has 3 aromatic rings. The van der Waals surface area contributed by atoms with Crippen LogP contribution in [0.15, 0.2) is 60.0 Å². The van der Waals surface area contributed by atoms with Crippen LogP contribution in [0.3, 0.4) is 0 Å². The number of carbonyl (C=O) groups excluding carboxylic acids is 2. The van der Waals surface area contributed by atoms with Crippen molar-refractivity contribution in [3.05, 3.63) is 71.2 Å². The van der Waals surface area contributed by atoms with E-state index in [1.54, 1.807) is 24.3 Å². The molecule has 2 aromatic carbocycles. The molecule has 0 aliphatic heterocycles. The highest BCUT2D eigenvalue weighted by atomic mass is 32.1. The lowest BCUT2D eigenvalue weighted by Crippen LogP contribution is -2.15. The second-order valence-corrected chi connectivity index (χ2v) is 7.28. The number of para-hydroxylation sites is 1. The average Bonchev–Trinajstić information content (AvgIpc) is 3.16. The van der Waals surface area contributed by atoms with Crippen molar-refractivity contribution in [2.75, 3.05) is 17.2 Å². The Bertz CT molecular complexity index is 939. The number of nitrogens with zero attached hydrogens (tertiary/aromatic N) is 1. The summed E-state index contributed by atoms with van der Waals surface area (Å²) in [7, 11) is 0. The summed E-state index contributed by atoms with van der Waals surface area (Å²) in [5.41, 5.74) is 2.74. The van der Waals surface area contributed by atoms with E-state index in [-0.39, 0.29) is 18.3 Å². The second kappa shape index (κ2) is 10.4. The first-order valence-corrected chi connectivity index (χ1v) is 10.4. The maximum Gasteiger partial charge on any atom is 0.338 e. The van der Waals surface area contributed by atoms with Crippen LogP contribution in [0.25, 0.3) is 0 Å². The molecule has 0 atom stereocenters. The molecule has 1 aromatic heterocycles. The lowest BCUT2D eigenvalue weighted by atomic mass is 10.2. The number of unbranched alkanes of at least 4 members (excludes halogenated alkanes) is 1. The van der Waals surface area contributed by atoms with Crippen molar-refractivity contribution in [2.24, 2.45) is 0 Å². The number of nitrogens with one attached hydrogen (secondary N) is 2. The highest BCUT2D eigenvalue weighted by Gasteiger charge is 2.10. The van der Waals surface area contributed by atoms with E-state index in [0.29, 0.717) is 23.6 Å². The lowest BCUT2D eigenvalue weighted by Gasteiger charge is -2.06. The summed E-state index contributed by atoms with van der Waals surface area (Å²) < 4.78 is 5.17. The predicted molar refractivity (Wildman–Crippen MR) is 116 cm³/mol. The van der Waals surface area contributed by atoms with Gasteiger partial charge in [-0.15, -0.1) is 11.3 Å². The average molecular weight is 410 g/mol. The number of hydrogen-bond acceptors (Lipinski definition) is 6. The number of carbonyl (C=O) groups is 2. The molecule has 0 bridgehead atoms. The van der Waals surface area contributed by atoms with Gasteiger partial charge in [0.2, 0.25) is 5.91 Å². The fourth-order valence-corrected chi connectivity index (χ4v) is 3.27. The molecule has 0 aliphatic rings. The molecule has 29 heavy (non-hydrogen) atoms. The largest absolute Gasteiger partial charge is 0.462 e. The minimum atomic E-state index is -0.350. The van der Waals surface area contributed by atoms with Crippen LogP contribution in [-0.4, -0.2) is 23.5 Å². The van der Waals surface area contributed by atoms with Crippen LogP contribution < -0.4 is 10.6 Å². The molecule has 7 heteroatoms. The molecular formula is C22H23N3O3S. The van der Waals surface area contributed by atoms with E-state index in [0.717, 1.165) is 23.7 Å².